The van der Waals surface area contributed by atoms with Gasteiger partial charge in [-0.25, -0.2) is 13.6 Å². The summed E-state index contributed by atoms with van der Waals surface area (Å²) < 4.78 is 39.8. The summed E-state index contributed by atoms with van der Waals surface area (Å²) in [5, 5.41) is 22.5. The molecule has 2 N–H and O–H groups in total. The van der Waals surface area contributed by atoms with Crippen molar-refractivity contribution >= 4 is 11.8 Å². The Labute approximate surface area is 222 Å². The van der Waals surface area contributed by atoms with Gasteiger partial charge in [-0.15, -0.1) is 0 Å². The monoisotopic (exact) mass is 533 g/mol. The number of nitrogens with zero attached hydrogens (tertiary/aromatic N) is 1. The Morgan fingerprint density at radius 3 is 2.74 bits per heavy atom. The number of likely N-dealkylation sites (N-methyl/N-ethyl adjacent to an activating group) is 1. The van der Waals surface area contributed by atoms with Gasteiger partial charge in [-0.1, -0.05) is 12.1 Å². The first-order chi connectivity index (χ1) is 18.6. The number of hydrogen-bond donors (Lipinski definition) is 2. The molecule has 200 valence electrons. The number of esters is 1. The van der Waals surface area contributed by atoms with Gasteiger partial charge in [0.15, 0.2) is 23.4 Å². The summed E-state index contributed by atoms with van der Waals surface area (Å²) in [6.07, 6.45) is 0.758. The second-order valence-corrected chi connectivity index (χ2v) is 11.0. The smallest absolute Gasteiger partial charge is 0.347 e. The molecule has 0 radical (unpaired) electrons. The summed E-state index contributed by atoms with van der Waals surface area (Å²) in [5.41, 5.74) is -0.330. The molecule has 2 fully saturated rings. The lowest BCUT2D eigenvalue weighted by atomic mass is 9.49. The molecule has 0 amide bonds. The van der Waals surface area contributed by atoms with Crippen molar-refractivity contribution in [2.75, 3.05) is 13.6 Å². The van der Waals surface area contributed by atoms with Crippen LogP contribution in [0.5, 0.6) is 17.2 Å². The molecule has 7 rings (SSSR count). The molecule has 1 saturated heterocycles. The van der Waals surface area contributed by atoms with Crippen molar-refractivity contribution in [2.45, 2.75) is 48.8 Å². The van der Waals surface area contributed by atoms with Crippen LogP contribution in [0.15, 0.2) is 48.5 Å². The predicted octanol–water partition coefficient (Wildman–Crippen LogP) is 3.91. The van der Waals surface area contributed by atoms with Crippen molar-refractivity contribution in [3.63, 3.8) is 0 Å². The third kappa shape index (κ3) is 3.14. The van der Waals surface area contributed by atoms with Crippen molar-refractivity contribution in [2.24, 2.45) is 0 Å². The van der Waals surface area contributed by atoms with E-state index >= 15 is 0 Å². The number of phenolic OH excluding ortho intramolecular Hbond substituents is 1. The Morgan fingerprint density at radius 1 is 1.13 bits per heavy atom. The minimum atomic E-state index is -1.16. The fourth-order valence-corrected chi connectivity index (χ4v) is 7.35. The summed E-state index contributed by atoms with van der Waals surface area (Å²) in [4.78, 5) is 28.6. The minimum absolute atomic E-state index is 0.0546. The van der Waals surface area contributed by atoms with E-state index in [9.17, 15) is 28.6 Å². The number of likely N-dealkylation sites (tertiary alicyclic amines) is 1. The van der Waals surface area contributed by atoms with Gasteiger partial charge < -0.3 is 24.6 Å². The topological polar surface area (TPSA) is 96.3 Å². The molecule has 3 unspecified atom stereocenters. The van der Waals surface area contributed by atoms with E-state index in [1.165, 1.54) is 24.3 Å². The fourth-order valence-electron chi connectivity index (χ4n) is 7.35. The Balaban J connectivity index is 1.29. The first kappa shape index (κ1) is 24.2. The number of benzene rings is 3. The van der Waals surface area contributed by atoms with E-state index in [1.807, 2.05) is 13.1 Å². The standard InChI is InChI=1S/C30H25F2NO6/c1-33-11-10-29-25-16-3-7-23(26(25)39-27(29)22(35)8-9-30(29,37)24(33)13-16)38-28(36)19-12-15(2-6-21(19)34)18-5-4-17(31)14-20(18)32/h2-7,12,14,24,27,34,37H,8-11,13H2,1H3/t24?,27?,29?,30-/m1/s1. The number of carbonyl (C=O) groups excluding carboxylic acids is 2. The quantitative estimate of drug-likeness (QED) is 0.389. The maximum Gasteiger partial charge on any atom is 0.347 e. The lowest BCUT2D eigenvalue weighted by Gasteiger charge is -2.62. The molecular weight excluding hydrogens is 508 g/mol. The minimum Gasteiger partial charge on any atom is -0.507 e. The average Bonchev–Trinajstić information content (AvgIpc) is 3.26. The molecule has 2 bridgehead atoms. The van der Waals surface area contributed by atoms with Gasteiger partial charge in [0.1, 0.15) is 22.9 Å². The maximum absolute atomic E-state index is 14.4. The Kier molecular flexibility index (Phi) is 5.03. The number of Topliss-reactive ketones (excluding diaryl/α,β-unsaturated/α-hetero) is 1. The average molecular weight is 534 g/mol. The number of phenols is 1. The first-order valence-corrected chi connectivity index (χ1v) is 12.9. The SMILES string of the molecule is CN1CCC23c4c5ccc(OC(=O)c6cc(-c7ccc(F)cc7F)ccc6O)c4OC2C(=O)CC[C@@]3(O)C1C5. The van der Waals surface area contributed by atoms with Crippen LogP contribution in [0.3, 0.4) is 0 Å². The number of aromatic hydroxyl groups is 1. The highest BCUT2D eigenvalue weighted by atomic mass is 19.1. The van der Waals surface area contributed by atoms with Crippen LogP contribution in [0.2, 0.25) is 0 Å². The van der Waals surface area contributed by atoms with Crippen molar-refractivity contribution in [3.8, 4) is 28.4 Å². The van der Waals surface area contributed by atoms with Crippen LogP contribution in [-0.2, 0) is 16.6 Å². The van der Waals surface area contributed by atoms with Crippen LogP contribution in [0.1, 0.15) is 40.7 Å². The van der Waals surface area contributed by atoms with Crippen molar-refractivity contribution in [3.05, 3.63) is 76.9 Å². The summed E-state index contributed by atoms with van der Waals surface area (Å²) >= 11 is 0. The van der Waals surface area contributed by atoms with E-state index < -0.39 is 34.7 Å². The molecule has 0 aromatic heterocycles. The van der Waals surface area contributed by atoms with E-state index in [1.54, 1.807) is 6.07 Å². The Morgan fingerprint density at radius 2 is 1.95 bits per heavy atom. The third-order valence-corrected chi connectivity index (χ3v) is 9.17. The van der Waals surface area contributed by atoms with E-state index in [0.29, 0.717) is 25.8 Å². The van der Waals surface area contributed by atoms with Crippen LogP contribution in [0.25, 0.3) is 11.1 Å². The van der Waals surface area contributed by atoms with Gasteiger partial charge in [-0.05, 0) is 74.3 Å². The first-order valence-electron chi connectivity index (χ1n) is 12.9. The van der Waals surface area contributed by atoms with Crippen LogP contribution < -0.4 is 9.47 Å². The summed E-state index contributed by atoms with van der Waals surface area (Å²) in [5.74, 6) is -2.58. The van der Waals surface area contributed by atoms with Gasteiger partial charge >= 0.3 is 5.97 Å². The van der Waals surface area contributed by atoms with E-state index in [2.05, 4.69) is 4.90 Å². The molecule has 1 spiro atoms. The van der Waals surface area contributed by atoms with Crippen molar-refractivity contribution < 1.29 is 38.1 Å². The third-order valence-electron chi connectivity index (χ3n) is 9.17. The van der Waals surface area contributed by atoms with Crippen LogP contribution >= 0.6 is 0 Å². The number of ether oxygens (including phenoxy) is 2. The number of aliphatic hydroxyl groups is 1. The highest BCUT2D eigenvalue weighted by Crippen LogP contribution is 2.64. The zero-order valence-electron chi connectivity index (χ0n) is 21.0. The van der Waals surface area contributed by atoms with E-state index in [4.69, 9.17) is 9.47 Å². The molecule has 39 heavy (non-hydrogen) atoms. The van der Waals surface area contributed by atoms with E-state index in [-0.39, 0.29) is 52.2 Å². The van der Waals surface area contributed by atoms with E-state index in [0.717, 1.165) is 23.3 Å². The number of piperidine rings is 1. The van der Waals surface area contributed by atoms with Gasteiger partial charge in [0, 0.05) is 29.7 Å². The highest BCUT2D eigenvalue weighted by molar-refractivity contribution is 5.96. The van der Waals surface area contributed by atoms with Crippen molar-refractivity contribution in [1.29, 1.82) is 0 Å². The summed E-state index contributed by atoms with van der Waals surface area (Å²) in [7, 11) is 1.98. The molecule has 7 nitrogen and oxygen atoms in total. The van der Waals surface area contributed by atoms with Gasteiger partial charge in [0.25, 0.3) is 0 Å². The van der Waals surface area contributed by atoms with Gasteiger partial charge in [-0.2, -0.15) is 0 Å². The molecule has 3 aromatic rings. The molecule has 1 saturated carbocycles. The number of rotatable bonds is 3. The molecule has 4 atom stereocenters. The molecule has 3 aromatic carbocycles. The summed E-state index contributed by atoms with van der Waals surface area (Å²) in [6, 6.07) is 10.3. The number of carbonyl (C=O) groups is 2. The molecule has 2 aliphatic carbocycles. The maximum atomic E-state index is 14.4. The summed E-state index contributed by atoms with van der Waals surface area (Å²) in [6.45, 7) is 0.684. The zero-order chi connectivity index (χ0) is 27.3. The molecule has 2 heterocycles. The van der Waals surface area contributed by atoms with Crippen LogP contribution in [-0.4, -0.2) is 58.2 Å². The number of halogens is 2. The Bertz CT molecular complexity index is 1590. The Hall–Kier alpha value is -3.82. The predicted molar refractivity (Wildman–Crippen MR) is 135 cm³/mol. The molecule has 2 aliphatic heterocycles. The second-order valence-electron chi connectivity index (χ2n) is 11.0. The molecule has 4 aliphatic rings. The second kappa shape index (κ2) is 8.09. The van der Waals surface area contributed by atoms with Gasteiger partial charge in [0.2, 0.25) is 0 Å². The number of ketones is 1. The van der Waals surface area contributed by atoms with Crippen LogP contribution in [0.4, 0.5) is 8.78 Å². The fraction of sp³-hybridized carbons (Fsp3) is 0.333. The zero-order valence-corrected chi connectivity index (χ0v) is 21.0. The normalized spacial score (nSPS) is 28.6. The highest BCUT2D eigenvalue weighted by Gasteiger charge is 2.72. The van der Waals surface area contributed by atoms with Gasteiger partial charge in [-0.3, -0.25) is 4.79 Å². The lowest BCUT2D eigenvalue weighted by molar-refractivity contribution is -0.185. The number of hydrogen-bond acceptors (Lipinski definition) is 7. The molecule has 9 heteroatoms. The van der Waals surface area contributed by atoms with Crippen LogP contribution in [0, 0.1) is 11.6 Å². The molecular formula is C30H25F2NO6. The van der Waals surface area contributed by atoms with Crippen molar-refractivity contribution in [1.82, 2.24) is 4.90 Å². The van der Waals surface area contributed by atoms with Gasteiger partial charge in [0.05, 0.1) is 11.0 Å². The largest absolute Gasteiger partial charge is 0.507 e. The lowest BCUT2D eigenvalue weighted by Crippen LogP contribution is -2.76.